The molecular weight excluding hydrogens is 200 g/mol. The average Bonchev–Trinajstić information content (AvgIpc) is 2.18. The zero-order valence-corrected chi connectivity index (χ0v) is 11.3. The van der Waals surface area contributed by atoms with E-state index in [0.717, 1.165) is 25.7 Å². The molecular formula is C13H28N2O. The van der Waals surface area contributed by atoms with E-state index in [2.05, 4.69) is 26.1 Å². The van der Waals surface area contributed by atoms with Crippen molar-refractivity contribution in [1.29, 1.82) is 0 Å². The molecule has 0 fully saturated rings. The molecule has 3 heteroatoms. The summed E-state index contributed by atoms with van der Waals surface area (Å²) in [5.41, 5.74) is 5.64. The summed E-state index contributed by atoms with van der Waals surface area (Å²) in [6.45, 7) is 8.42. The van der Waals surface area contributed by atoms with Gasteiger partial charge in [-0.15, -0.1) is 0 Å². The fraction of sp³-hybridized carbons (Fsp3) is 0.923. The minimum Gasteiger partial charge on any atom is -0.353 e. The highest BCUT2D eigenvalue weighted by atomic mass is 16.1. The van der Waals surface area contributed by atoms with Gasteiger partial charge in [-0.25, -0.2) is 0 Å². The Balaban J connectivity index is 3.77. The summed E-state index contributed by atoms with van der Waals surface area (Å²) in [7, 11) is 0. The van der Waals surface area contributed by atoms with Crippen molar-refractivity contribution >= 4 is 5.91 Å². The Morgan fingerprint density at radius 3 is 2.25 bits per heavy atom. The van der Waals surface area contributed by atoms with Crippen LogP contribution in [0, 0.1) is 5.92 Å². The largest absolute Gasteiger partial charge is 0.353 e. The molecule has 0 aliphatic rings. The average molecular weight is 228 g/mol. The zero-order chi connectivity index (χ0) is 12.6. The molecule has 2 unspecified atom stereocenters. The van der Waals surface area contributed by atoms with Gasteiger partial charge >= 0.3 is 0 Å². The third kappa shape index (κ3) is 6.83. The van der Waals surface area contributed by atoms with Crippen molar-refractivity contribution in [3.8, 4) is 0 Å². The van der Waals surface area contributed by atoms with Crippen LogP contribution in [0.5, 0.6) is 0 Å². The fourth-order valence-electron chi connectivity index (χ4n) is 2.02. The minimum atomic E-state index is 0.167. The first kappa shape index (κ1) is 15.4. The number of hydrogen-bond donors (Lipinski definition) is 2. The molecule has 0 rings (SSSR count). The predicted octanol–water partition coefficient (Wildman–Crippen LogP) is 2.44. The third-order valence-corrected chi connectivity index (χ3v) is 3.21. The van der Waals surface area contributed by atoms with Crippen molar-refractivity contribution in [2.24, 2.45) is 11.7 Å². The summed E-state index contributed by atoms with van der Waals surface area (Å²) in [4.78, 5) is 11.6. The molecule has 0 aromatic rings. The van der Waals surface area contributed by atoms with E-state index >= 15 is 0 Å². The van der Waals surface area contributed by atoms with Crippen LogP contribution in [-0.4, -0.2) is 18.0 Å². The Morgan fingerprint density at radius 2 is 1.81 bits per heavy atom. The van der Waals surface area contributed by atoms with E-state index in [4.69, 9.17) is 5.73 Å². The molecule has 0 aromatic carbocycles. The second kappa shape index (κ2) is 8.57. The lowest BCUT2D eigenvalue weighted by Gasteiger charge is -2.22. The van der Waals surface area contributed by atoms with Crippen LogP contribution >= 0.6 is 0 Å². The summed E-state index contributed by atoms with van der Waals surface area (Å²) in [5.74, 6) is 0.762. The van der Waals surface area contributed by atoms with Gasteiger partial charge in [0.25, 0.3) is 0 Å². The Bertz CT molecular complexity index is 188. The van der Waals surface area contributed by atoms with Gasteiger partial charge in [-0.1, -0.05) is 26.7 Å². The molecule has 96 valence electrons. The van der Waals surface area contributed by atoms with E-state index in [-0.39, 0.29) is 18.0 Å². The van der Waals surface area contributed by atoms with Gasteiger partial charge in [0.15, 0.2) is 0 Å². The molecule has 0 aliphatic carbocycles. The molecule has 0 aliphatic heterocycles. The van der Waals surface area contributed by atoms with Crippen LogP contribution in [0.2, 0.25) is 0 Å². The summed E-state index contributed by atoms with van der Waals surface area (Å²) in [5, 5.41) is 3.08. The molecule has 16 heavy (non-hydrogen) atoms. The molecule has 0 bridgehead atoms. The Morgan fingerprint density at radius 1 is 1.25 bits per heavy atom. The van der Waals surface area contributed by atoms with Gasteiger partial charge in [-0.2, -0.15) is 0 Å². The van der Waals surface area contributed by atoms with Crippen LogP contribution in [0.15, 0.2) is 0 Å². The maximum Gasteiger partial charge on any atom is 0.220 e. The lowest BCUT2D eigenvalue weighted by atomic mass is 9.95. The molecule has 0 aromatic heterocycles. The van der Waals surface area contributed by atoms with Crippen molar-refractivity contribution < 1.29 is 4.79 Å². The SMILES string of the molecule is CCC(CC)C(C)NC(=O)CCCC(C)N. The zero-order valence-electron chi connectivity index (χ0n) is 11.3. The monoisotopic (exact) mass is 228 g/mol. The van der Waals surface area contributed by atoms with Crippen LogP contribution in [-0.2, 0) is 4.79 Å². The maximum absolute atomic E-state index is 11.6. The normalized spacial score (nSPS) is 14.9. The van der Waals surface area contributed by atoms with E-state index in [0.29, 0.717) is 12.3 Å². The topological polar surface area (TPSA) is 55.1 Å². The molecule has 3 N–H and O–H groups in total. The third-order valence-electron chi connectivity index (χ3n) is 3.21. The van der Waals surface area contributed by atoms with E-state index in [1.54, 1.807) is 0 Å². The van der Waals surface area contributed by atoms with E-state index in [9.17, 15) is 4.79 Å². The highest BCUT2D eigenvalue weighted by Crippen LogP contribution is 2.12. The summed E-state index contributed by atoms with van der Waals surface area (Å²) in [6.07, 6.45) is 4.66. The highest BCUT2D eigenvalue weighted by Gasteiger charge is 2.15. The van der Waals surface area contributed by atoms with Crippen molar-refractivity contribution in [1.82, 2.24) is 5.32 Å². The molecule has 0 radical (unpaired) electrons. The Kier molecular flexibility index (Phi) is 8.26. The number of carbonyl (C=O) groups is 1. The standard InChI is InChI=1S/C13H28N2O/c1-5-12(6-2)11(4)15-13(16)9-7-8-10(3)14/h10-12H,5-9,14H2,1-4H3,(H,15,16). The maximum atomic E-state index is 11.6. The number of amides is 1. The van der Waals surface area contributed by atoms with Crippen molar-refractivity contribution in [2.75, 3.05) is 0 Å². The van der Waals surface area contributed by atoms with E-state index in [1.807, 2.05) is 6.92 Å². The van der Waals surface area contributed by atoms with Crippen molar-refractivity contribution in [3.63, 3.8) is 0 Å². The van der Waals surface area contributed by atoms with Gasteiger partial charge in [-0.05, 0) is 32.6 Å². The lowest BCUT2D eigenvalue weighted by Crippen LogP contribution is -2.37. The quantitative estimate of drug-likeness (QED) is 0.670. The Hall–Kier alpha value is -0.570. The first-order valence-corrected chi connectivity index (χ1v) is 6.56. The first-order chi connectivity index (χ1) is 7.51. The summed E-state index contributed by atoms with van der Waals surface area (Å²) < 4.78 is 0. The van der Waals surface area contributed by atoms with E-state index in [1.165, 1.54) is 0 Å². The first-order valence-electron chi connectivity index (χ1n) is 6.56. The molecule has 0 spiro atoms. The highest BCUT2D eigenvalue weighted by molar-refractivity contribution is 5.76. The smallest absolute Gasteiger partial charge is 0.220 e. The fourth-order valence-corrected chi connectivity index (χ4v) is 2.02. The second-order valence-corrected chi connectivity index (χ2v) is 4.80. The second-order valence-electron chi connectivity index (χ2n) is 4.80. The van der Waals surface area contributed by atoms with Crippen LogP contribution in [0.1, 0.15) is 59.8 Å². The van der Waals surface area contributed by atoms with Crippen molar-refractivity contribution in [2.45, 2.75) is 71.9 Å². The van der Waals surface area contributed by atoms with Crippen LogP contribution in [0.25, 0.3) is 0 Å². The van der Waals surface area contributed by atoms with E-state index < -0.39 is 0 Å². The van der Waals surface area contributed by atoms with Crippen LogP contribution in [0.4, 0.5) is 0 Å². The number of rotatable bonds is 8. The molecule has 0 saturated carbocycles. The van der Waals surface area contributed by atoms with Gasteiger partial charge in [0.1, 0.15) is 0 Å². The number of hydrogen-bond acceptors (Lipinski definition) is 2. The van der Waals surface area contributed by atoms with Gasteiger partial charge in [0.2, 0.25) is 5.91 Å². The molecule has 0 heterocycles. The van der Waals surface area contributed by atoms with Gasteiger partial charge < -0.3 is 11.1 Å². The Labute approximate surface area is 100 Å². The van der Waals surface area contributed by atoms with Crippen LogP contribution < -0.4 is 11.1 Å². The predicted molar refractivity (Wildman–Crippen MR) is 69.2 cm³/mol. The summed E-state index contributed by atoms with van der Waals surface area (Å²) >= 11 is 0. The lowest BCUT2D eigenvalue weighted by molar-refractivity contribution is -0.122. The summed E-state index contributed by atoms with van der Waals surface area (Å²) in [6, 6.07) is 0.488. The number of carbonyl (C=O) groups excluding carboxylic acids is 1. The number of nitrogens with two attached hydrogens (primary N) is 1. The minimum absolute atomic E-state index is 0.167. The van der Waals surface area contributed by atoms with Gasteiger partial charge in [-0.3, -0.25) is 4.79 Å². The molecule has 2 atom stereocenters. The molecule has 3 nitrogen and oxygen atoms in total. The van der Waals surface area contributed by atoms with Crippen molar-refractivity contribution in [3.05, 3.63) is 0 Å². The van der Waals surface area contributed by atoms with Gasteiger partial charge in [0, 0.05) is 18.5 Å². The molecule has 0 saturated heterocycles. The number of nitrogens with one attached hydrogen (secondary N) is 1. The van der Waals surface area contributed by atoms with Gasteiger partial charge in [0.05, 0.1) is 0 Å². The molecule has 1 amide bonds. The van der Waals surface area contributed by atoms with Crippen LogP contribution in [0.3, 0.4) is 0 Å².